The number of amides is 1. The zero-order valence-corrected chi connectivity index (χ0v) is 21.8. The van der Waals surface area contributed by atoms with Crippen molar-refractivity contribution >= 4 is 34.8 Å². The number of ketones is 2. The van der Waals surface area contributed by atoms with Gasteiger partial charge in [0.1, 0.15) is 0 Å². The molecule has 1 aliphatic heterocycles. The lowest BCUT2D eigenvalue weighted by molar-refractivity contribution is 0.0824. The van der Waals surface area contributed by atoms with Crippen LogP contribution in [0.5, 0.6) is 0 Å². The first-order valence-electron chi connectivity index (χ1n) is 12.8. The zero-order valence-electron chi connectivity index (χ0n) is 21.1. The van der Waals surface area contributed by atoms with Gasteiger partial charge in [-0.15, -0.1) is 0 Å². The monoisotopic (exact) mass is 515 g/mol. The molecule has 0 saturated carbocycles. The maximum absolute atomic E-state index is 13.3. The minimum atomic E-state index is -0.246. The van der Waals surface area contributed by atoms with Gasteiger partial charge in [-0.25, -0.2) is 0 Å². The smallest absolute Gasteiger partial charge is 0.252 e. The lowest BCUT2D eigenvalue weighted by atomic mass is 9.83. The summed E-state index contributed by atoms with van der Waals surface area (Å²) in [4.78, 5) is 43.9. The molecule has 6 nitrogen and oxygen atoms in total. The van der Waals surface area contributed by atoms with Crippen LogP contribution in [0.2, 0.25) is 5.02 Å². The Morgan fingerprint density at radius 1 is 0.892 bits per heavy atom. The number of halogens is 1. The number of nitrogens with zero attached hydrogens (tertiary/aromatic N) is 2. The standard InChI is InChI=1S/C30H30ClN3O3/c1-3-7-26(34-16-14-33(15-17-34)25-11-6-8-19(2)27(25)31)32-30(37)20-12-13-23-24(18-20)29(36)22-10-5-4-9-21(22)28(23)35/h4-6,8-13,18,26H,3,7,14-17H2,1-2H3,(H,32,37). The second-order valence-electron chi connectivity index (χ2n) is 9.67. The van der Waals surface area contributed by atoms with Gasteiger partial charge in [0.15, 0.2) is 11.6 Å². The average Bonchev–Trinajstić information content (AvgIpc) is 2.93. The largest absolute Gasteiger partial charge is 0.368 e. The van der Waals surface area contributed by atoms with Crippen molar-refractivity contribution in [1.82, 2.24) is 10.2 Å². The van der Waals surface area contributed by atoms with E-state index in [0.717, 1.165) is 55.3 Å². The van der Waals surface area contributed by atoms with Crippen LogP contribution < -0.4 is 10.2 Å². The van der Waals surface area contributed by atoms with Gasteiger partial charge in [0.25, 0.3) is 5.91 Å². The summed E-state index contributed by atoms with van der Waals surface area (Å²) in [5, 5.41) is 3.97. The topological polar surface area (TPSA) is 69.7 Å². The fourth-order valence-corrected chi connectivity index (χ4v) is 5.49. The zero-order chi connectivity index (χ0) is 26.1. The van der Waals surface area contributed by atoms with Gasteiger partial charge < -0.3 is 10.2 Å². The maximum atomic E-state index is 13.3. The average molecular weight is 516 g/mol. The Balaban J connectivity index is 1.30. The van der Waals surface area contributed by atoms with Gasteiger partial charge in [0.05, 0.1) is 16.9 Å². The highest BCUT2D eigenvalue weighted by Gasteiger charge is 2.31. The van der Waals surface area contributed by atoms with Crippen LogP contribution in [0.3, 0.4) is 0 Å². The van der Waals surface area contributed by atoms with E-state index in [-0.39, 0.29) is 29.2 Å². The van der Waals surface area contributed by atoms with Gasteiger partial charge in [-0.2, -0.15) is 0 Å². The predicted molar refractivity (Wildman–Crippen MR) is 146 cm³/mol. The Labute approximate surface area is 222 Å². The van der Waals surface area contributed by atoms with E-state index in [1.165, 1.54) is 0 Å². The normalized spacial score (nSPS) is 16.2. The Bertz CT molecular complexity index is 1380. The van der Waals surface area contributed by atoms with E-state index in [1.807, 2.05) is 19.1 Å². The molecule has 1 amide bonds. The molecule has 0 spiro atoms. The quantitative estimate of drug-likeness (QED) is 0.387. The maximum Gasteiger partial charge on any atom is 0.252 e. The molecule has 37 heavy (non-hydrogen) atoms. The summed E-state index contributed by atoms with van der Waals surface area (Å²) in [6, 6.07) is 17.7. The molecule has 1 fully saturated rings. The number of nitrogens with one attached hydrogen (secondary N) is 1. The molecule has 1 saturated heterocycles. The Kier molecular flexibility index (Phi) is 7.13. The van der Waals surface area contributed by atoms with E-state index in [2.05, 4.69) is 28.1 Å². The Morgan fingerprint density at radius 2 is 1.54 bits per heavy atom. The number of carbonyl (C=O) groups excluding carboxylic acids is 3. The summed E-state index contributed by atoms with van der Waals surface area (Å²) in [6.45, 7) is 7.33. The van der Waals surface area contributed by atoms with Gasteiger partial charge in [-0.1, -0.05) is 61.3 Å². The lowest BCUT2D eigenvalue weighted by Crippen LogP contribution is -2.56. The van der Waals surface area contributed by atoms with E-state index in [4.69, 9.17) is 11.6 Å². The highest BCUT2D eigenvalue weighted by Crippen LogP contribution is 2.30. The molecular formula is C30H30ClN3O3. The first-order chi connectivity index (χ1) is 17.9. The number of benzene rings is 3. The van der Waals surface area contributed by atoms with Crippen LogP contribution in [0.15, 0.2) is 60.7 Å². The molecular weight excluding hydrogens is 486 g/mol. The summed E-state index contributed by atoms with van der Waals surface area (Å²) in [5.74, 6) is -0.659. The van der Waals surface area contributed by atoms with Crippen molar-refractivity contribution in [3.8, 4) is 0 Å². The number of aryl methyl sites for hydroxylation is 1. The molecule has 1 aliphatic carbocycles. The van der Waals surface area contributed by atoms with Gasteiger partial charge >= 0.3 is 0 Å². The Hall–Kier alpha value is -3.48. The summed E-state index contributed by atoms with van der Waals surface area (Å²) < 4.78 is 0. The molecule has 0 bridgehead atoms. The van der Waals surface area contributed by atoms with E-state index < -0.39 is 0 Å². The Morgan fingerprint density at radius 3 is 2.22 bits per heavy atom. The van der Waals surface area contributed by atoms with Crippen molar-refractivity contribution in [2.24, 2.45) is 0 Å². The third-order valence-corrected chi connectivity index (χ3v) is 7.81. The van der Waals surface area contributed by atoms with Gasteiger partial charge in [-0.05, 0) is 43.2 Å². The first-order valence-corrected chi connectivity index (χ1v) is 13.1. The molecule has 1 unspecified atom stereocenters. The van der Waals surface area contributed by atoms with Crippen molar-refractivity contribution in [3.63, 3.8) is 0 Å². The molecule has 1 atom stereocenters. The van der Waals surface area contributed by atoms with Crippen LogP contribution >= 0.6 is 11.6 Å². The van der Waals surface area contributed by atoms with Crippen molar-refractivity contribution in [3.05, 3.63) is 99.1 Å². The predicted octanol–water partition coefficient (Wildman–Crippen LogP) is 5.10. The minimum absolute atomic E-state index is 0.123. The summed E-state index contributed by atoms with van der Waals surface area (Å²) in [5.41, 5.74) is 3.91. The van der Waals surface area contributed by atoms with Crippen LogP contribution in [-0.2, 0) is 0 Å². The van der Waals surface area contributed by atoms with Crippen molar-refractivity contribution < 1.29 is 14.4 Å². The third-order valence-electron chi connectivity index (χ3n) is 7.31. The highest BCUT2D eigenvalue weighted by molar-refractivity contribution is 6.34. The molecule has 1 N–H and O–H groups in total. The van der Waals surface area contributed by atoms with E-state index in [9.17, 15) is 14.4 Å². The van der Waals surface area contributed by atoms with Gasteiger partial charge in [0.2, 0.25) is 0 Å². The molecule has 190 valence electrons. The molecule has 1 heterocycles. The second-order valence-corrected chi connectivity index (χ2v) is 10.1. The molecule has 7 heteroatoms. The minimum Gasteiger partial charge on any atom is -0.368 e. The number of carbonyl (C=O) groups is 3. The van der Waals surface area contributed by atoms with Crippen LogP contribution in [0.1, 0.15) is 67.5 Å². The number of piperazine rings is 1. The van der Waals surface area contributed by atoms with Crippen LogP contribution in [-0.4, -0.2) is 54.7 Å². The number of hydrogen-bond acceptors (Lipinski definition) is 5. The third kappa shape index (κ3) is 4.79. The van der Waals surface area contributed by atoms with Crippen molar-refractivity contribution in [2.45, 2.75) is 32.9 Å². The van der Waals surface area contributed by atoms with Crippen LogP contribution in [0, 0.1) is 6.92 Å². The number of rotatable bonds is 6. The van der Waals surface area contributed by atoms with Crippen molar-refractivity contribution in [1.29, 1.82) is 0 Å². The van der Waals surface area contributed by atoms with Crippen LogP contribution in [0.25, 0.3) is 0 Å². The molecule has 2 aliphatic rings. The highest BCUT2D eigenvalue weighted by atomic mass is 35.5. The van der Waals surface area contributed by atoms with E-state index in [1.54, 1.807) is 42.5 Å². The van der Waals surface area contributed by atoms with Crippen molar-refractivity contribution in [2.75, 3.05) is 31.1 Å². The second kappa shape index (κ2) is 10.5. The molecule has 5 rings (SSSR count). The number of anilines is 1. The first kappa shape index (κ1) is 25.2. The van der Waals surface area contributed by atoms with Gasteiger partial charge in [0, 0.05) is 54.0 Å². The molecule has 3 aromatic carbocycles. The fraction of sp³-hybridized carbons (Fsp3) is 0.300. The van der Waals surface area contributed by atoms with E-state index >= 15 is 0 Å². The number of hydrogen-bond donors (Lipinski definition) is 1. The SMILES string of the molecule is CCCC(NC(=O)c1ccc2c(c1)C(=O)c1ccccc1C2=O)N1CCN(c2cccc(C)c2Cl)CC1. The summed E-state index contributed by atoms with van der Waals surface area (Å²) in [7, 11) is 0. The van der Waals surface area contributed by atoms with E-state index in [0.29, 0.717) is 22.3 Å². The summed E-state index contributed by atoms with van der Waals surface area (Å²) >= 11 is 6.55. The molecule has 3 aromatic rings. The number of fused-ring (bicyclic) bond motifs is 2. The lowest BCUT2D eigenvalue weighted by Gasteiger charge is -2.40. The van der Waals surface area contributed by atoms with Crippen LogP contribution in [0.4, 0.5) is 5.69 Å². The van der Waals surface area contributed by atoms with Gasteiger partial charge in [-0.3, -0.25) is 19.3 Å². The summed E-state index contributed by atoms with van der Waals surface area (Å²) in [6.07, 6.45) is 1.61. The molecule has 0 aromatic heterocycles. The fourth-order valence-electron chi connectivity index (χ4n) is 5.25. The molecule has 0 radical (unpaired) electrons.